The van der Waals surface area contributed by atoms with Gasteiger partial charge in [-0.1, -0.05) is 71.1 Å². The van der Waals surface area contributed by atoms with Crippen molar-refractivity contribution in [3.8, 4) is 0 Å². The van der Waals surface area contributed by atoms with Crippen LogP contribution in [0.5, 0.6) is 0 Å². The third-order valence-corrected chi connectivity index (χ3v) is 4.31. The van der Waals surface area contributed by atoms with Crippen LogP contribution in [0, 0.1) is 0 Å². The standard InChI is InChI=1S/C18H36O2/c1-4-16-18(2,3)20-19-17-14-12-10-8-6-5-7-9-11-13-15-17/h17H,4-16H2,1-3H3. The van der Waals surface area contributed by atoms with Crippen molar-refractivity contribution < 1.29 is 9.78 Å². The van der Waals surface area contributed by atoms with Gasteiger partial charge in [0.05, 0.1) is 11.7 Å². The van der Waals surface area contributed by atoms with Gasteiger partial charge in [0, 0.05) is 0 Å². The van der Waals surface area contributed by atoms with Gasteiger partial charge in [0.15, 0.2) is 0 Å². The van der Waals surface area contributed by atoms with Gasteiger partial charge in [0.2, 0.25) is 0 Å². The Balaban J connectivity index is 2.31. The summed E-state index contributed by atoms with van der Waals surface area (Å²) in [5.74, 6) is 0. The van der Waals surface area contributed by atoms with Crippen LogP contribution in [0.1, 0.15) is 104 Å². The van der Waals surface area contributed by atoms with E-state index in [4.69, 9.17) is 9.78 Å². The molecule has 0 aromatic heterocycles. The summed E-state index contributed by atoms with van der Waals surface area (Å²) in [4.78, 5) is 11.5. The van der Waals surface area contributed by atoms with E-state index in [-0.39, 0.29) is 5.60 Å². The Morgan fingerprint density at radius 2 is 1.25 bits per heavy atom. The monoisotopic (exact) mass is 284 g/mol. The highest BCUT2D eigenvalue weighted by Gasteiger charge is 2.21. The Kier molecular flexibility index (Phi) is 9.54. The van der Waals surface area contributed by atoms with Crippen LogP contribution in [0.4, 0.5) is 0 Å². The lowest BCUT2D eigenvalue weighted by atomic mass is 9.99. The maximum absolute atomic E-state index is 5.80. The van der Waals surface area contributed by atoms with Crippen LogP contribution >= 0.6 is 0 Å². The predicted molar refractivity (Wildman–Crippen MR) is 85.7 cm³/mol. The van der Waals surface area contributed by atoms with Crippen LogP contribution in [0.15, 0.2) is 0 Å². The molecule has 0 aliphatic heterocycles. The molecule has 0 aromatic carbocycles. The Bertz CT molecular complexity index is 213. The van der Waals surface area contributed by atoms with Crippen molar-refractivity contribution in [1.82, 2.24) is 0 Å². The zero-order valence-electron chi connectivity index (χ0n) is 14.1. The molecule has 0 atom stereocenters. The van der Waals surface area contributed by atoms with Gasteiger partial charge in [0.1, 0.15) is 0 Å². The summed E-state index contributed by atoms with van der Waals surface area (Å²) in [5.41, 5.74) is -0.140. The highest BCUT2D eigenvalue weighted by atomic mass is 17.2. The van der Waals surface area contributed by atoms with Gasteiger partial charge in [-0.15, -0.1) is 0 Å². The molecule has 0 heterocycles. The fourth-order valence-corrected chi connectivity index (χ4v) is 3.06. The highest BCUT2D eigenvalue weighted by molar-refractivity contribution is 4.66. The summed E-state index contributed by atoms with van der Waals surface area (Å²) in [6.45, 7) is 6.46. The third-order valence-electron chi connectivity index (χ3n) is 4.31. The molecule has 1 aliphatic carbocycles. The lowest BCUT2D eigenvalue weighted by molar-refractivity contribution is -0.380. The average molecular weight is 284 g/mol. The van der Waals surface area contributed by atoms with Crippen molar-refractivity contribution in [2.75, 3.05) is 0 Å². The maximum Gasteiger partial charge on any atom is 0.0980 e. The molecule has 2 nitrogen and oxygen atoms in total. The van der Waals surface area contributed by atoms with Crippen molar-refractivity contribution in [3.05, 3.63) is 0 Å². The molecule has 0 aromatic rings. The fourth-order valence-electron chi connectivity index (χ4n) is 3.06. The molecular weight excluding hydrogens is 248 g/mol. The molecule has 2 heteroatoms. The van der Waals surface area contributed by atoms with E-state index in [9.17, 15) is 0 Å². The Morgan fingerprint density at radius 1 is 0.800 bits per heavy atom. The Hall–Kier alpha value is -0.0800. The van der Waals surface area contributed by atoms with E-state index in [0.29, 0.717) is 6.10 Å². The quantitative estimate of drug-likeness (QED) is 0.443. The lowest BCUT2D eigenvalue weighted by Crippen LogP contribution is -2.27. The second-order valence-electron chi connectivity index (χ2n) is 7.07. The zero-order chi connectivity index (χ0) is 14.7. The van der Waals surface area contributed by atoms with E-state index in [2.05, 4.69) is 20.8 Å². The molecular formula is C18H36O2. The van der Waals surface area contributed by atoms with Crippen molar-refractivity contribution in [1.29, 1.82) is 0 Å². The van der Waals surface area contributed by atoms with Crippen molar-refractivity contribution in [2.24, 2.45) is 0 Å². The number of hydrogen-bond donors (Lipinski definition) is 0. The van der Waals surface area contributed by atoms with E-state index in [1.807, 2.05) is 0 Å². The van der Waals surface area contributed by atoms with E-state index < -0.39 is 0 Å². The minimum absolute atomic E-state index is 0.140. The first kappa shape index (κ1) is 18.0. The molecule has 20 heavy (non-hydrogen) atoms. The van der Waals surface area contributed by atoms with Gasteiger partial charge in [-0.2, -0.15) is 0 Å². The molecule has 0 radical (unpaired) electrons. The molecule has 1 saturated carbocycles. The summed E-state index contributed by atoms with van der Waals surface area (Å²) in [7, 11) is 0. The van der Waals surface area contributed by atoms with Gasteiger partial charge >= 0.3 is 0 Å². The van der Waals surface area contributed by atoms with Gasteiger partial charge in [0.25, 0.3) is 0 Å². The van der Waals surface area contributed by atoms with Crippen molar-refractivity contribution in [2.45, 2.75) is 116 Å². The number of hydrogen-bond acceptors (Lipinski definition) is 2. The largest absolute Gasteiger partial charge is 0.233 e. The third kappa shape index (κ3) is 8.97. The maximum atomic E-state index is 5.80. The topological polar surface area (TPSA) is 18.5 Å². The van der Waals surface area contributed by atoms with Crippen LogP contribution in [0.3, 0.4) is 0 Å². The zero-order valence-corrected chi connectivity index (χ0v) is 14.1. The molecule has 1 aliphatic rings. The minimum Gasteiger partial charge on any atom is -0.233 e. The normalized spacial score (nSPS) is 21.1. The van der Waals surface area contributed by atoms with Gasteiger partial charge in [-0.3, -0.25) is 0 Å². The molecule has 0 amide bonds. The van der Waals surface area contributed by atoms with Crippen LogP contribution in [-0.4, -0.2) is 11.7 Å². The fraction of sp³-hybridized carbons (Fsp3) is 1.00. The summed E-state index contributed by atoms with van der Waals surface area (Å²) in [5, 5.41) is 0. The van der Waals surface area contributed by atoms with Crippen LogP contribution < -0.4 is 0 Å². The van der Waals surface area contributed by atoms with E-state index in [0.717, 1.165) is 12.8 Å². The first-order valence-corrected chi connectivity index (χ1v) is 8.98. The molecule has 0 N–H and O–H groups in total. The first-order chi connectivity index (χ1) is 9.64. The van der Waals surface area contributed by atoms with Crippen LogP contribution in [0.25, 0.3) is 0 Å². The Labute approximate surface area is 126 Å². The van der Waals surface area contributed by atoms with Gasteiger partial charge in [-0.25, -0.2) is 9.78 Å². The molecule has 120 valence electrons. The van der Waals surface area contributed by atoms with E-state index in [1.54, 1.807) is 0 Å². The molecule has 1 rings (SSSR count). The molecule has 0 bridgehead atoms. The summed E-state index contributed by atoms with van der Waals surface area (Å²) >= 11 is 0. The van der Waals surface area contributed by atoms with E-state index in [1.165, 1.54) is 70.6 Å². The van der Waals surface area contributed by atoms with Gasteiger partial charge < -0.3 is 0 Å². The second kappa shape index (κ2) is 10.6. The predicted octanol–water partition coefficient (Wildman–Crippen LogP) is 6.19. The summed E-state index contributed by atoms with van der Waals surface area (Å²) in [6.07, 6.45) is 17.2. The average Bonchev–Trinajstić information content (AvgIpc) is 2.38. The summed E-state index contributed by atoms with van der Waals surface area (Å²) in [6, 6.07) is 0. The second-order valence-corrected chi connectivity index (χ2v) is 7.07. The molecule has 0 spiro atoms. The SMILES string of the molecule is CCCC(C)(C)OOC1CCCCCCCCCCC1. The highest BCUT2D eigenvalue weighted by Crippen LogP contribution is 2.22. The van der Waals surface area contributed by atoms with Gasteiger partial charge in [-0.05, 0) is 33.1 Å². The Morgan fingerprint density at radius 3 is 1.70 bits per heavy atom. The number of rotatable bonds is 5. The van der Waals surface area contributed by atoms with E-state index >= 15 is 0 Å². The first-order valence-electron chi connectivity index (χ1n) is 8.98. The van der Waals surface area contributed by atoms with Crippen molar-refractivity contribution in [3.63, 3.8) is 0 Å². The molecule has 0 unspecified atom stereocenters. The van der Waals surface area contributed by atoms with Crippen LogP contribution in [-0.2, 0) is 9.78 Å². The van der Waals surface area contributed by atoms with Crippen LogP contribution in [0.2, 0.25) is 0 Å². The lowest BCUT2D eigenvalue weighted by Gasteiger charge is -2.26. The smallest absolute Gasteiger partial charge is 0.0980 e. The molecule has 0 saturated heterocycles. The minimum atomic E-state index is -0.140. The molecule has 1 fully saturated rings. The summed E-state index contributed by atoms with van der Waals surface area (Å²) < 4.78 is 0. The van der Waals surface area contributed by atoms with Crippen molar-refractivity contribution >= 4 is 0 Å².